The van der Waals surface area contributed by atoms with E-state index < -0.39 is 6.36 Å². The maximum absolute atomic E-state index is 12.6. The topological polar surface area (TPSA) is 55.2 Å². The van der Waals surface area contributed by atoms with E-state index in [0.29, 0.717) is 18.0 Å². The molecule has 1 aromatic heterocycles. The molecule has 0 amide bonds. The van der Waals surface area contributed by atoms with Crippen molar-refractivity contribution in [2.75, 3.05) is 19.6 Å². The van der Waals surface area contributed by atoms with E-state index >= 15 is 0 Å². The molecule has 0 unspecified atom stereocenters. The highest BCUT2D eigenvalue weighted by molar-refractivity contribution is 5.33. The number of hydrogen-bond donors (Lipinski definition) is 1. The number of hydrogen-bond acceptors (Lipinski definition) is 5. The number of nitrogens with one attached hydrogen (secondary N) is 1. The molecular formula is C18H22F3N5O. The fraction of sp³-hybridized carbons (Fsp3) is 0.556. The van der Waals surface area contributed by atoms with E-state index in [4.69, 9.17) is 0 Å². The normalized spacial score (nSPS) is 19.1. The number of para-hydroxylation sites is 1. The van der Waals surface area contributed by atoms with Gasteiger partial charge in [-0.05, 0) is 32.0 Å². The van der Waals surface area contributed by atoms with Crippen molar-refractivity contribution in [3.63, 3.8) is 0 Å². The van der Waals surface area contributed by atoms with Gasteiger partial charge in [0.15, 0.2) is 0 Å². The molecule has 1 N–H and O–H groups in total. The van der Waals surface area contributed by atoms with E-state index in [1.807, 2.05) is 0 Å². The average molecular weight is 381 g/mol. The van der Waals surface area contributed by atoms with Gasteiger partial charge in [0.25, 0.3) is 0 Å². The zero-order valence-corrected chi connectivity index (χ0v) is 14.9. The summed E-state index contributed by atoms with van der Waals surface area (Å²) in [6.45, 7) is 4.63. The van der Waals surface area contributed by atoms with Gasteiger partial charge in [-0.1, -0.05) is 18.2 Å². The molecule has 1 aromatic carbocycles. The summed E-state index contributed by atoms with van der Waals surface area (Å²) < 4.78 is 44.1. The molecule has 9 heteroatoms. The maximum atomic E-state index is 12.6. The number of aromatic nitrogens is 3. The number of halogens is 3. The molecule has 0 bridgehead atoms. The van der Waals surface area contributed by atoms with Crippen molar-refractivity contribution >= 4 is 0 Å². The Morgan fingerprint density at radius 1 is 1.11 bits per heavy atom. The summed E-state index contributed by atoms with van der Waals surface area (Å²) in [5.41, 5.74) is 0.555. The molecule has 2 aromatic rings. The minimum absolute atomic E-state index is 0.119. The predicted molar refractivity (Wildman–Crippen MR) is 92.1 cm³/mol. The lowest BCUT2D eigenvalue weighted by Gasteiger charge is -2.32. The molecule has 0 radical (unpaired) electrons. The second-order valence-electron chi connectivity index (χ2n) is 7.01. The Hall–Kier alpha value is -2.13. The number of fused-ring (bicyclic) bond motifs is 1. The summed E-state index contributed by atoms with van der Waals surface area (Å²) >= 11 is 0. The zero-order chi connectivity index (χ0) is 18.9. The summed E-state index contributed by atoms with van der Waals surface area (Å²) in [7, 11) is 0. The Morgan fingerprint density at radius 3 is 2.67 bits per heavy atom. The Labute approximate surface area is 155 Å². The van der Waals surface area contributed by atoms with E-state index in [2.05, 4.69) is 29.7 Å². The molecule has 27 heavy (non-hydrogen) atoms. The third-order valence-corrected chi connectivity index (χ3v) is 5.20. The highest BCUT2D eigenvalue weighted by Gasteiger charge is 2.32. The van der Waals surface area contributed by atoms with Crippen LogP contribution in [0.2, 0.25) is 0 Å². The first-order valence-electron chi connectivity index (χ1n) is 9.18. The molecule has 3 heterocycles. The van der Waals surface area contributed by atoms with Gasteiger partial charge < -0.3 is 14.6 Å². The Kier molecular flexibility index (Phi) is 5.05. The highest BCUT2D eigenvalue weighted by Crippen LogP contribution is 2.31. The SMILES string of the molecule is FC(F)(F)Oc1ccccc1CN1CCC(c2nnc3n2CCNC3)CC1. The van der Waals surface area contributed by atoms with Gasteiger partial charge in [0, 0.05) is 31.1 Å². The monoisotopic (exact) mass is 381 g/mol. The fourth-order valence-electron chi connectivity index (χ4n) is 3.87. The van der Waals surface area contributed by atoms with Crippen LogP contribution in [0, 0.1) is 0 Å². The predicted octanol–water partition coefficient (Wildman–Crippen LogP) is 2.66. The van der Waals surface area contributed by atoms with Crippen LogP contribution in [-0.4, -0.2) is 45.7 Å². The lowest BCUT2D eigenvalue weighted by Crippen LogP contribution is -2.35. The molecule has 2 aliphatic rings. The van der Waals surface area contributed by atoms with Gasteiger partial charge in [0.1, 0.15) is 17.4 Å². The van der Waals surface area contributed by atoms with Crippen LogP contribution in [0.5, 0.6) is 5.75 Å². The summed E-state index contributed by atoms with van der Waals surface area (Å²) in [6, 6.07) is 6.35. The maximum Gasteiger partial charge on any atom is 0.573 e. The van der Waals surface area contributed by atoms with Crippen LogP contribution in [0.15, 0.2) is 24.3 Å². The third kappa shape index (κ3) is 4.24. The largest absolute Gasteiger partial charge is 0.573 e. The van der Waals surface area contributed by atoms with Crippen molar-refractivity contribution in [3.05, 3.63) is 41.5 Å². The molecule has 2 aliphatic heterocycles. The lowest BCUT2D eigenvalue weighted by molar-refractivity contribution is -0.275. The van der Waals surface area contributed by atoms with Crippen molar-refractivity contribution in [2.24, 2.45) is 0 Å². The number of likely N-dealkylation sites (tertiary alicyclic amines) is 1. The van der Waals surface area contributed by atoms with Gasteiger partial charge in [0.2, 0.25) is 0 Å². The quantitative estimate of drug-likeness (QED) is 0.883. The third-order valence-electron chi connectivity index (χ3n) is 5.20. The van der Waals surface area contributed by atoms with Crippen LogP contribution in [0.3, 0.4) is 0 Å². The van der Waals surface area contributed by atoms with E-state index in [1.165, 1.54) is 6.07 Å². The number of piperidine rings is 1. The van der Waals surface area contributed by atoms with Gasteiger partial charge in [-0.15, -0.1) is 23.4 Å². The van der Waals surface area contributed by atoms with Gasteiger partial charge in [-0.25, -0.2) is 0 Å². The average Bonchev–Trinajstić information content (AvgIpc) is 3.07. The summed E-state index contributed by atoms with van der Waals surface area (Å²) in [5.74, 6) is 2.26. The Morgan fingerprint density at radius 2 is 1.89 bits per heavy atom. The molecule has 0 aliphatic carbocycles. The summed E-state index contributed by atoms with van der Waals surface area (Å²) in [4.78, 5) is 2.17. The fourth-order valence-corrected chi connectivity index (χ4v) is 3.87. The van der Waals surface area contributed by atoms with Crippen molar-refractivity contribution in [2.45, 2.75) is 44.8 Å². The van der Waals surface area contributed by atoms with Crippen molar-refractivity contribution in [3.8, 4) is 5.75 Å². The van der Waals surface area contributed by atoms with Gasteiger partial charge in [-0.3, -0.25) is 4.90 Å². The number of benzene rings is 1. The van der Waals surface area contributed by atoms with Crippen LogP contribution in [0.4, 0.5) is 13.2 Å². The van der Waals surface area contributed by atoms with Crippen LogP contribution in [0.1, 0.15) is 36.0 Å². The second kappa shape index (κ2) is 7.47. The molecule has 146 valence electrons. The second-order valence-corrected chi connectivity index (χ2v) is 7.01. The summed E-state index contributed by atoms with van der Waals surface area (Å²) in [5, 5.41) is 12.0. The lowest BCUT2D eigenvalue weighted by atomic mass is 9.95. The van der Waals surface area contributed by atoms with E-state index in [0.717, 1.165) is 57.2 Å². The minimum Gasteiger partial charge on any atom is -0.405 e. The van der Waals surface area contributed by atoms with Crippen molar-refractivity contribution in [1.82, 2.24) is 25.0 Å². The molecule has 0 spiro atoms. The molecule has 1 saturated heterocycles. The molecular weight excluding hydrogens is 359 g/mol. The van der Waals surface area contributed by atoms with Crippen LogP contribution in [-0.2, 0) is 19.6 Å². The Balaban J connectivity index is 1.39. The van der Waals surface area contributed by atoms with Gasteiger partial charge in [0.05, 0.1) is 6.54 Å². The number of ether oxygens (including phenoxy) is 1. The van der Waals surface area contributed by atoms with E-state index in [9.17, 15) is 13.2 Å². The first-order chi connectivity index (χ1) is 13.0. The number of rotatable bonds is 4. The first kappa shape index (κ1) is 18.2. The number of nitrogens with zero attached hydrogens (tertiary/aromatic N) is 4. The molecule has 6 nitrogen and oxygen atoms in total. The smallest absolute Gasteiger partial charge is 0.405 e. The van der Waals surface area contributed by atoms with Crippen LogP contribution in [0.25, 0.3) is 0 Å². The highest BCUT2D eigenvalue weighted by atomic mass is 19.4. The van der Waals surface area contributed by atoms with Crippen molar-refractivity contribution < 1.29 is 17.9 Å². The molecule has 1 fully saturated rings. The standard InChI is InChI=1S/C18H22F3N5O/c19-18(20,21)27-15-4-2-1-3-14(15)12-25-8-5-13(6-9-25)17-24-23-16-11-22-7-10-26(16)17/h1-4,13,22H,5-12H2. The van der Waals surface area contributed by atoms with E-state index in [-0.39, 0.29) is 5.75 Å². The van der Waals surface area contributed by atoms with Crippen LogP contribution < -0.4 is 10.1 Å². The number of alkyl halides is 3. The van der Waals surface area contributed by atoms with Crippen LogP contribution >= 0.6 is 0 Å². The van der Waals surface area contributed by atoms with Gasteiger partial charge >= 0.3 is 6.36 Å². The van der Waals surface area contributed by atoms with Gasteiger partial charge in [-0.2, -0.15) is 0 Å². The zero-order valence-electron chi connectivity index (χ0n) is 14.9. The minimum atomic E-state index is -4.68. The van der Waals surface area contributed by atoms with E-state index in [1.54, 1.807) is 18.2 Å². The molecule has 0 saturated carbocycles. The molecule has 4 rings (SSSR count). The first-order valence-corrected chi connectivity index (χ1v) is 9.18. The molecule has 0 atom stereocenters. The van der Waals surface area contributed by atoms with Crippen molar-refractivity contribution in [1.29, 1.82) is 0 Å². The summed E-state index contributed by atoms with van der Waals surface area (Å²) in [6.07, 6.45) is -2.83. The Bertz CT molecular complexity index is 784.